The van der Waals surface area contributed by atoms with Gasteiger partial charge in [0.25, 0.3) is 5.69 Å². The van der Waals surface area contributed by atoms with Crippen molar-refractivity contribution in [2.45, 2.75) is 13.0 Å². The monoisotopic (exact) mass is 408 g/mol. The maximum atomic E-state index is 12.0. The van der Waals surface area contributed by atoms with Gasteiger partial charge in [-0.2, -0.15) is 9.94 Å². The summed E-state index contributed by atoms with van der Waals surface area (Å²) in [5.41, 5.74) is -0.158. The second kappa shape index (κ2) is 7.49. The van der Waals surface area contributed by atoms with Crippen molar-refractivity contribution in [3.05, 3.63) is 54.7 Å². The number of amides is 1. The van der Waals surface area contributed by atoms with Crippen molar-refractivity contribution < 1.29 is 14.6 Å². The van der Waals surface area contributed by atoms with E-state index in [1.165, 1.54) is 23.0 Å². The van der Waals surface area contributed by atoms with Crippen molar-refractivity contribution in [3.63, 3.8) is 0 Å². The van der Waals surface area contributed by atoms with Crippen LogP contribution in [0.25, 0.3) is 0 Å². The molecule has 2 rings (SSSR count). The Morgan fingerprint density at radius 3 is 2.64 bits per heavy atom. The Labute approximate surface area is 148 Å². The van der Waals surface area contributed by atoms with Crippen LogP contribution in [0.2, 0.25) is 0 Å². The summed E-state index contributed by atoms with van der Waals surface area (Å²) in [4.78, 5) is 32.0. The summed E-state index contributed by atoms with van der Waals surface area (Å²) in [5, 5.41) is 36.6. The quantitative estimate of drug-likeness (QED) is 0.567. The van der Waals surface area contributed by atoms with E-state index in [2.05, 4.69) is 26.3 Å². The molecule has 0 aliphatic carbocycles. The van der Waals surface area contributed by atoms with Gasteiger partial charge in [0, 0.05) is 18.6 Å². The number of nitriles is 1. The van der Waals surface area contributed by atoms with Crippen LogP contribution in [0.1, 0.15) is 12.0 Å². The van der Waals surface area contributed by atoms with Crippen LogP contribution in [-0.2, 0) is 11.3 Å². The van der Waals surface area contributed by atoms with Crippen molar-refractivity contribution in [2.24, 2.45) is 0 Å². The molecule has 1 N–H and O–H groups in total. The van der Waals surface area contributed by atoms with Gasteiger partial charge in [-0.1, -0.05) is 0 Å². The van der Waals surface area contributed by atoms with Crippen LogP contribution < -0.4 is 5.32 Å². The van der Waals surface area contributed by atoms with Crippen LogP contribution in [0.3, 0.4) is 0 Å². The van der Waals surface area contributed by atoms with E-state index >= 15 is 0 Å². The number of hydrogen-bond acceptors (Lipinski definition) is 7. The fourth-order valence-corrected chi connectivity index (χ4v) is 2.36. The van der Waals surface area contributed by atoms with E-state index in [1.807, 2.05) is 0 Å². The number of benzene rings is 1. The normalized spacial score (nSPS) is 10.1. The molecule has 0 saturated heterocycles. The van der Waals surface area contributed by atoms with Gasteiger partial charge in [0.1, 0.15) is 10.5 Å². The Morgan fingerprint density at radius 2 is 2.08 bits per heavy atom. The molecule has 0 unspecified atom stereocenters. The number of non-ortho nitro benzene ring substituents is 1. The molecule has 11 nitrogen and oxygen atoms in total. The van der Waals surface area contributed by atoms with E-state index in [4.69, 9.17) is 5.26 Å². The lowest BCUT2D eigenvalue weighted by molar-refractivity contribution is -0.390. The van der Waals surface area contributed by atoms with Gasteiger partial charge in [-0.3, -0.25) is 14.9 Å². The van der Waals surface area contributed by atoms with E-state index in [-0.39, 0.29) is 40.2 Å². The average molecular weight is 409 g/mol. The number of rotatable bonds is 6. The van der Waals surface area contributed by atoms with Crippen molar-refractivity contribution >= 4 is 39.0 Å². The van der Waals surface area contributed by atoms with Gasteiger partial charge < -0.3 is 15.4 Å². The number of nitro groups is 2. The van der Waals surface area contributed by atoms with Crippen LogP contribution in [0.4, 0.5) is 17.2 Å². The Bertz CT molecular complexity index is 903. The average Bonchev–Trinajstić information content (AvgIpc) is 2.94. The first kappa shape index (κ1) is 18.0. The predicted molar refractivity (Wildman–Crippen MR) is 87.6 cm³/mol. The second-order valence-electron chi connectivity index (χ2n) is 4.72. The summed E-state index contributed by atoms with van der Waals surface area (Å²) < 4.78 is 1.43. The van der Waals surface area contributed by atoms with Gasteiger partial charge in [-0.15, -0.1) is 0 Å². The Hall–Kier alpha value is -3.33. The highest BCUT2D eigenvalue weighted by Gasteiger charge is 2.19. The van der Waals surface area contributed by atoms with Crippen molar-refractivity contribution in [1.82, 2.24) is 9.78 Å². The fourth-order valence-electron chi connectivity index (χ4n) is 1.90. The first-order valence-electron chi connectivity index (χ1n) is 6.67. The van der Waals surface area contributed by atoms with Crippen molar-refractivity contribution in [1.29, 1.82) is 5.26 Å². The lowest BCUT2D eigenvalue weighted by Gasteiger charge is -2.06. The SMILES string of the molecule is N#Cc1cc([N+](=O)[O-])ccc1NC(=O)CCn1cc(Br)c([N+](=O)[O-])n1. The number of carbonyl (C=O) groups excluding carboxylic acids is 1. The summed E-state index contributed by atoms with van der Waals surface area (Å²) in [6.07, 6.45) is 1.31. The number of nitrogens with one attached hydrogen (secondary N) is 1. The molecule has 128 valence electrons. The zero-order chi connectivity index (χ0) is 18.6. The van der Waals surface area contributed by atoms with Gasteiger partial charge in [0.05, 0.1) is 34.0 Å². The van der Waals surface area contributed by atoms with E-state index in [0.717, 1.165) is 6.07 Å². The first-order valence-corrected chi connectivity index (χ1v) is 7.47. The number of carbonyl (C=O) groups is 1. The molecule has 1 aromatic heterocycles. The second-order valence-corrected chi connectivity index (χ2v) is 5.57. The molecule has 1 heterocycles. The smallest absolute Gasteiger partial charge is 0.358 e. The maximum absolute atomic E-state index is 12.0. The molecule has 0 atom stereocenters. The molecule has 2 aromatic rings. The van der Waals surface area contributed by atoms with Gasteiger partial charge in [0.2, 0.25) is 5.91 Å². The fraction of sp³-hybridized carbons (Fsp3) is 0.154. The zero-order valence-corrected chi connectivity index (χ0v) is 14.0. The summed E-state index contributed by atoms with van der Waals surface area (Å²) >= 11 is 3.00. The van der Waals surface area contributed by atoms with E-state index < -0.39 is 15.8 Å². The summed E-state index contributed by atoms with van der Waals surface area (Å²) in [5.74, 6) is -0.831. The highest BCUT2D eigenvalue weighted by molar-refractivity contribution is 9.10. The molecule has 0 spiro atoms. The highest BCUT2D eigenvalue weighted by Crippen LogP contribution is 2.23. The van der Waals surface area contributed by atoms with Crippen molar-refractivity contribution in [3.8, 4) is 6.07 Å². The largest absolute Gasteiger partial charge is 0.404 e. The minimum Gasteiger partial charge on any atom is -0.358 e. The molecule has 0 saturated carbocycles. The predicted octanol–water partition coefficient (Wildman–Crippen LogP) is 2.36. The zero-order valence-electron chi connectivity index (χ0n) is 12.4. The number of nitro benzene ring substituents is 1. The summed E-state index contributed by atoms with van der Waals surface area (Å²) in [6.45, 7) is 0.0765. The molecular weight excluding hydrogens is 400 g/mol. The molecular formula is C13H9BrN6O5. The number of hydrogen-bond donors (Lipinski definition) is 1. The Balaban J connectivity index is 2.03. The van der Waals surface area contributed by atoms with Crippen molar-refractivity contribution in [2.75, 3.05) is 5.32 Å². The maximum Gasteiger partial charge on any atom is 0.404 e. The van der Waals surface area contributed by atoms with Crippen LogP contribution >= 0.6 is 15.9 Å². The minimum absolute atomic E-state index is 0.0416. The Morgan fingerprint density at radius 1 is 1.36 bits per heavy atom. The number of aromatic nitrogens is 2. The molecule has 0 aliphatic heterocycles. The third kappa shape index (κ3) is 4.36. The van der Waals surface area contributed by atoms with Crippen LogP contribution in [0.15, 0.2) is 28.9 Å². The number of halogens is 1. The molecule has 1 aromatic carbocycles. The molecule has 0 radical (unpaired) electrons. The van der Waals surface area contributed by atoms with E-state index in [9.17, 15) is 25.0 Å². The Kier molecular flexibility index (Phi) is 5.40. The van der Waals surface area contributed by atoms with E-state index in [0.29, 0.717) is 0 Å². The summed E-state index contributed by atoms with van der Waals surface area (Å²) in [6, 6.07) is 5.27. The molecule has 1 amide bonds. The first-order chi connectivity index (χ1) is 11.8. The molecule has 0 bridgehead atoms. The van der Waals surface area contributed by atoms with Gasteiger partial charge in [-0.25, -0.2) is 0 Å². The van der Waals surface area contributed by atoms with Gasteiger partial charge in [0.15, 0.2) is 0 Å². The standard InChI is InChI=1S/C13H9BrN6O5/c14-10-7-18(17-13(10)20(24)25)4-3-12(21)16-11-2-1-9(19(22)23)5-8(11)6-15/h1-2,5,7H,3-4H2,(H,16,21). The lowest BCUT2D eigenvalue weighted by atomic mass is 10.1. The number of anilines is 1. The third-order valence-corrected chi connectivity index (χ3v) is 3.61. The molecule has 25 heavy (non-hydrogen) atoms. The lowest BCUT2D eigenvalue weighted by Crippen LogP contribution is -2.15. The number of nitrogens with zero attached hydrogens (tertiary/aromatic N) is 5. The van der Waals surface area contributed by atoms with Gasteiger partial charge in [-0.05, 0) is 26.9 Å². The van der Waals surface area contributed by atoms with Crippen LogP contribution in [0.5, 0.6) is 0 Å². The molecule has 0 fully saturated rings. The third-order valence-electron chi connectivity index (χ3n) is 3.05. The molecule has 0 aliphatic rings. The minimum atomic E-state index is -0.656. The van der Waals surface area contributed by atoms with Crippen LogP contribution in [0, 0.1) is 31.6 Å². The molecule has 12 heteroatoms. The topological polar surface area (TPSA) is 157 Å². The van der Waals surface area contributed by atoms with E-state index in [1.54, 1.807) is 6.07 Å². The highest BCUT2D eigenvalue weighted by atomic mass is 79.9. The van der Waals surface area contributed by atoms with Crippen LogP contribution in [-0.4, -0.2) is 25.5 Å². The number of aryl methyl sites for hydroxylation is 1. The summed E-state index contributed by atoms with van der Waals surface area (Å²) in [7, 11) is 0. The van der Waals surface area contributed by atoms with Gasteiger partial charge >= 0.3 is 5.82 Å².